The van der Waals surface area contributed by atoms with Gasteiger partial charge in [-0.25, -0.2) is 8.42 Å². The molecule has 2 aromatic rings. The summed E-state index contributed by atoms with van der Waals surface area (Å²) in [5, 5.41) is 2.86. The summed E-state index contributed by atoms with van der Waals surface area (Å²) in [6, 6.07) is 9.51. The topological polar surface area (TPSA) is 85.4 Å². The minimum absolute atomic E-state index is 0.0251. The van der Waals surface area contributed by atoms with Crippen LogP contribution in [0.2, 0.25) is 0 Å². The number of carbonyl (C=O) groups is 1. The number of methoxy groups -OCH3 is 1. The first kappa shape index (κ1) is 18.4. The molecule has 1 aliphatic heterocycles. The molecule has 0 saturated carbocycles. The fraction of sp³-hybridized carbons (Fsp3) is 0.368. The van der Waals surface area contributed by atoms with E-state index in [4.69, 9.17) is 4.74 Å². The van der Waals surface area contributed by atoms with Crippen LogP contribution < -0.4 is 10.1 Å². The molecule has 1 saturated heterocycles. The van der Waals surface area contributed by atoms with E-state index in [2.05, 4.69) is 10.3 Å². The Morgan fingerprint density at radius 1 is 1.27 bits per heavy atom. The van der Waals surface area contributed by atoms with Gasteiger partial charge in [0.1, 0.15) is 5.75 Å². The lowest BCUT2D eigenvalue weighted by Gasteiger charge is -2.23. The van der Waals surface area contributed by atoms with Gasteiger partial charge in [0.15, 0.2) is 9.84 Å². The number of hydrogen-bond donors (Lipinski definition) is 1. The summed E-state index contributed by atoms with van der Waals surface area (Å²) in [6.45, 7) is 1.77. The van der Waals surface area contributed by atoms with Gasteiger partial charge in [-0.15, -0.1) is 0 Å². The maximum absolute atomic E-state index is 12.6. The molecule has 0 radical (unpaired) electrons. The van der Waals surface area contributed by atoms with E-state index in [0.717, 1.165) is 16.9 Å². The largest absolute Gasteiger partial charge is 0.497 e. The summed E-state index contributed by atoms with van der Waals surface area (Å²) >= 11 is 0. The maximum atomic E-state index is 12.6. The average molecular weight is 374 g/mol. The molecule has 1 aromatic heterocycles. The number of benzene rings is 1. The molecule has 0 spiro atoms. The molecular formula is C19H22N2O4S. The van der Waals surface area contributed by atoms with Crippen LogP contribution in [0.15, 0.2) is 42.7 Å². The molecule has 7 heteroatoms. The number of nitrogens with zero attached hydrogens (tertiary/aromatic N) is 1. The summed E-state index contributed by atoms with van der Waals surface area (Å²) in [5.41, 5.74) is 1.65. The normalized spacial score (nSPS) is 21.3. The van der Waals surface area contributed by atoms with Crippen molar-refractivity contribution >= 4 is 15.7 Å². The van der Waals surface area contributed by atoms with E-state index in [9.17, 15) is 13.2 Å². The number of nitrogens with one attached hydrogen (secondary N) is 1. The third-order valence-corrected chi connectivity index (χ3v) is 6.42. The van der Waals surface area contributed by atoms with Gasteiger partial charge in [0.25, 0.3) is 5.91 Å². The highest BCUT2D eigenvalue weighted by molar-refractivity contribution is 7.91. The van der Waals surface area contributed by atoms with E-state index in [1.807, 2.05) is 24.3 Å². The van der Waals surface area contributed by atoms with Crippen molar-refractivity contribution in [2.24, 2.45) is 0 Å². The summed E-state index contributed by atoms with van der Waals surface area (Å²) in [6.07, 6.45) is 4.27. The van der Waals surface area contributed by atoms with Crippen molar-refractivity contribution in [2.75, 3.05) is 18.6 Å². The first-order valence-corrected chi connectivity index (χ1v) is 10.2. The maximum Gasteiger partial charge on any atom is 0.253 e. The predicted molar refractivity (Wildman–Crippen MR) is 99.2 cm³/mol. The van der Waals surface area contributed by atoms with E-state index < -0.39 is 15.4 Å². The zero-order chi connectivity index (χ0) is 18.8. The average Bonchev–Trinajstić information content (AvgIpc) is 2.88. The van der Waals surface area contributed by atoms with Gasteiger partial charge < -0.3 is 10.1 Å². The Morgan fingerprint density at radius 2 is 2.08 bits per heavy atom. The molecule has 1 aromatic carbocycles. The van der Waals surface area contributed by atoms with Crippen molar-refractivity contribution in [1.82, 2.24) is 10.3 Å². The van der Waals surface area contributed by atoms with Crippen LogP contribution >= 0.6 is 0 Å². The number of aromatic nitrogens is 1. The molecule has 2 heterocycles. The van der Waals surface area contributed by atoms with Crippen molar-refractivity contribution in [2.45, 2.75) is 25.3 Å². The first-order chi connectivity index (χ1) is 12.3. The Bertz CT molecular complexity index is 927. The van der Waals surface area contributed by atoms with Crippen LogP contribution in [0.25, 0.3) is 0 Å². The van der Waals surface area contributed by atoms with Gasteiger partial charge >= 0.3 is 0 Å². The molecule has 1 amide bonds. The van der Waals surface area contributed by atoms with Crippen molar-refractivity contribution < 1.29 is 17.9 Å². The van der Waals surface area contributed by atoms with Gasteiger partial charge in [-0.2, -0.15) is 0 Å². The lowest BCUT2D eigenvalue weighted by atomic mass is 10.0. The van der Waals surface area contributed by atoms with E-state index >= 15 is 0 Å². The van der Waals surface area contributed by atoms with Crippen LogP contribution in [-0.4, -0.2) is 43.5 Å². The number of sulfone groups is 1. The molecule has 6 nitrogen and oxygen atoms in total. The zero-order valence-corrected chi connectivity index (χ0v) is 15.7. The highest BCUT2D eigenvalue weighted by Crippen LogP contribution is 2.23. The summed E-state index contributed by atoms with van der Waals surface area (Å²) in [4.78, 5) is 16.7. The van der Waals surface area contributed by atoms with Crippen LogP contribution in [0.5, 0.6) is 5.75 Å². The summed E-state index contributed by atoms with van der Waals surface area (Å²) < 4.78 is 28.6. The number of hydrogen-bond acceptors (Lipinski definition) is 5. The Hall–Kier alpha value is -2.41. The molecule has 1 fully saturated rings. The monoisotopic (exact) mass is 374 g/mol. The SMILES string of the molecule is COc1cccc(Cc2cncc(C(=O)N[C@]3(C)CCS(=O)(=O)C3)c2)c1. The zero-order valence-electron chi connectivity index (χ0n) is 14.9. The second kappa shape index (κ2) is 7.07. The van der Waals surface area contributed by atoms with E-state index in [-0.39, 0.29) is 17.4 Å². The Balaban J connectivity index is 1.73. The molecule has 1 atom stereocenters. The van der Waals surface area contributed by atoms with Gasteiger partial charge in [-0.3, -0.25) is 9.78 Å². The van der Waals surface area contributed by atoms with Gasteiger partial charge in [0, 0.05) is 12.4 Å². The van der Waals surface area contributed by atoms with Crippen molar-refractivity contribution in [3.8, 4) is 5.75 Å². The van der Waals surface area contributed by atoms with Crippen LogP contribution in [0.3, 0.4) is 0 Å². The lowest BCUT2D eigenvalue weighted by Crippen LogP contribution is -2.46. The predicted octanol–water partition coefficient (Wildman–Crippen LogP) is 1.99. The van der Waals surface area contributed by atoms with Gasteiger partial charge in [-0.05, 0) is 49.1 Å². The van der Waals surface area contributed by atoms with Crippen molar-refractivity contribution in [1.29, 1.82) is 0 Å². The third-order valence-electron chi connectivity index (χ3n) is 4.52. The van der Waals surface area contributed by atoms with Gasteiger partial charge in [0.05, 0.1) is 29.7 Å². The fourth-order valence-electron chi connectivity index (χ4n) is 3.18. The molecule has 0 bridgehead atoms. The standard InChI is InChI=1S/C19H22N2O4S/c1-19(6-7-26(23,24)13-19)21-18(22)16-9-15(11-20-12-16)8-14-4-3-5-17(10-14)25-2/h3-5,9-12H,6-8,13H2,1-2H3,(H,21,22)/t19-/m1/s1. The molecule has 0 unspecified atom stereocenters. The van der Waals surface area contributed by atoms with Crippen LogP contribution in [0, 0.1) is 0 Å². The minimum Gasteiger partial charge on any atom is -0.497 e. The number of carbonyl (C=O) groups excluding carboxylic acids is 1. The van der Waals surface area contributed by atoms with Crippen LogP contribution in [0.1, 0.15) is 34.8 Å². The van der Waals surface area contributed by atoms with Crippen LogP contribution in [-0.2, 0) is 16.3 Å². The number of rotatable bonds is 5. The fourth-order valence-corrected chi connectivity index (χ4v) is 5.27. The van der Waals surface area contributed by atoms with E-state index in [0.29, 0.717) is 18.4 Å². The number of pyridine rings is 1. The van der Waals surface area contributed by atoms with Crippen LogP contribution in [0.4, 0.5) is 0 Å². The third kappa shape index (κ3) is 4.40. The quantitative estimate of drug-likeness (QED) is 0.865. The number of amides is 1. The molecule has 1 N–H and O–H groups in total. The summed E-state index contributed by atoms with van der Waals surface area (Å²) in [5.74, 6) is 0.560. The van der Waals surface area contributed by atoms with Crippen molar-refractivity contribution in [3.63, 3.8) is 0 Å². The minimum atomic E-state index is -3.08. The molecular weight excluding hydrogens is 352 g/mol. The number of ether oxygens (including phenoxy) is 1. The molecule has 1 aliphatic rings. The van der Waals surface area contributed by atoms with Gasteiger partial charge in [-0.1, -0.05) is 12.1 Å². The van der Waals surface area contributed by atoms with E-state index in [1.54, 1.807) is 26.3 Å². The van der Waals surface area contributed by atoms with E-state index in [1.165, 1.54) is 6.20 Å². The Kier molecular flexibility index (Phi) is 5.00. The highest BCUT2D eigenvalue weighted by Gasteiger charge is 2.39. The van der Waals surface area contributed by atoms with Gasteiger partial charge in [0.2, 0.25) is 0 Å². The molecule has 0 aliphatic carbocycles. The van der Waals surface area contributed by atoms with Crippen molar-refractivity contribution in [3.05, 3.63) is 59.4 Å². The molecule has 138 valence electrons. The smallest absolute Gasteiger partial charge is 0.253 e. The Labute approximate surface area is 153 Å². The molecule has 3 rings (SSSR count). The second-order valence-corrected chi connectivity index (χ2v) is 9.15. The first-order valence-electron chi connectivity index (χ1n) is 8.38. The Morgan fingerprint density at radius 3 is 2.77 bits per heavy atom. The summed E-state index contributed by atoms with van der Waals surface area (Å²) in [7, 11) is -1.46. The molecule has 26 heavy (non-hydrogen) atoms. The lowest BCUT2D eigenvalue weighted by molar-refractivity contribution is 0.0915. The second-order valence-electron chi connectivity index (χ2n) is 6.97. The highest BCUT2D eigenvalue weighted by atomic mass is 32.2.